The van der Waals surface area contributed by atoms with Crippen LogP contribution in [0.4, 0.5) is 0 Å². The fourth-order valence-electron chi connectivity index (χ4n) is 1.06. The Balaban J connectivity index is 3.01. The fraction of sp³-hybridized carbons (Fsp3) is 0.273. The Morgan fingerprint density at radius 3 is 2.82 bits per heavy atom. The summed E-state index contributed by atoms with van der Waals surface area (Å²) in [5, 5.41) is 9.34. The SMILES string of the molecule is CCOC(=O)/C(O)=C/c1cc(OC)cc(=O)o1. The van der Waals surface area contributed by atoms with Gasteiger partial charge in [-0.1, -0.05) is 0 Å². The molecule has 1 aromatic heterocycles. The smallest absolute Gasteiger partial charge is 0.373 e. The van der Waals surface area contributed by atoms with E-state index in [4.69, 9.17) is 9.15 Å². The Kier molecular flexibility index (Phi) is 4.33. The highest BCUT2D eigenvalue weighted by atomic mass is 16.5. The summed E-state index contributed by atoms with van der Waals surface area (Å²) in [6, 6.07) is 2.50. The first kappa shape index (κ1) is 12.8. The Hall–Kier alpha value is -2.24. The monoisotopic (exact) mass is 240 g/mol. The molecule has 0 fully saturated rings. The van der Waals surface area contributed by atoms with Crippen molar-refractivity contribution in [3.63, 3.8) is 0 Å². The molecule has 0 saturated carbocycles. The lowest BCUT2D eigenvalue weighted by Crippen LogP contribution is -2.07. The topological polar surface area (TPSA) is 86.0 Å². The number of carbonyl (C=O) groups excluding carboxylic acids is 1. The first-order chi connectivity index (χ1) is 8.06. The maximum absolute atomic E-state index is 11.1. The molecule has 92 valence electrons. The van der Waals surface area contributed by atoms with Crippen molar-refractivity contribution < 1.29 is 23.8 Å². The molecule has 6 nitrogen and oxygen atoms in total. The van der Waals surface area contributed by atoms with Gasteiger partial charge in [0.2, 0.25) is 5.76 Å². The molecule has 0 unspecified atom stereocenters. The van der Waals surface area contributed by atoms with Crippen LogP contribution in [0.5, 0.6) is 5.75 Å². The lowest BCUT2D eigenvalue weighted by atomic mass is 10.3. The minimum Gasteiger partial charge on any atom is -0.502 e. The molecule has 1 N–H and O–H groups in total. The maximum Gasteiger partial charge on any atom is 0.373 e. The summed E-state index contributed by atoms with van der Waals surface area (Å²) in [5.74, 6) is -1.27. The lowest BCUT2D eigenvalue weighted by molar-refractivity contribution is -0.141. The van der Waals surface area contributed by atoms with E-state index in [9.17, 15) is 14.7 Å². The molecule has 0 atom stereocenters. The number of methoxy groups -OCH3 is 1. The van der Waals surface area contributed by atoms with E-state index in [0.29, 0.717) is 0 Å². The van der Waals surface area contributed by atoms with Crippen LogP contribution in [0.25, 0.3) is 6.08 Å². The minimum absolute atomic E-state index is 0.0000898. The highest BCUT2D eigenvalue weighted by molar-refractivity contribution is 5.90. The molecule has 0 amide bonds. The van der Waals surface area contributed by atoms with Crippen molar-refractivity contribution in [2.45, 2.75) is 6.92 Å². The van der Waals surface area contributed by atoms with Crippen molar-refractivity contribution in [2.24, 2.45) is 0 Å². The van der Waals surface area contributed by atoms with Crippen LogP contribution in [-0.4, -0.2) is 24.8 Å². The first-order valence-electron chi connectivity index (χ1n) is 4.83. The van der Waals surface area contributed by atoms with Gasteiger partial charge in [-0.05, 0) is 6.92 Å². The molecule has 0 radical (unpaired) electrons. The normalized spacial score (nSPS) is 11.1. The molecular weight excluding hydrogens is 228 g/mol. The summed E-state index contributed by atoms with van der Waals surface area (Å²) in [5.41, 5.74) is -0.646. The van der Waals surface area contributed by atoms with Crippen molar-refractivity contribution in [1.82, 2.24) is 0 Å². The van der Waals surface area contributed by atoms with E-state index in [-0.39, 0.29) is 18.1 Å². The average molecular weight is 240 g/mol. The predicted molar refractivity (Wildman–Crippen MR) is 58.8 cm³/mol. The van der Waals surface area contributed by atoms with E-state index in [1.165, 1.54) is 13.2 Å². The summed E-state index contributed by atoms with van der Waals surface area (Å²) >= 11 is 0. The van der Waals surface area contributed by atoms with Gasteiger partial charge in [-0.15, -0.1) is 0 Å². The van der Waals surface area contributed by atoms with Gasteiger partial charge in [-0.25, -0.2) is 9.59 Å². The zero-order chi connectivity index (χ0) is 12.8. The number of hydrogen-bond donors (Lipinski definition) is 1. The Bertz CT molecular complexity index is 485. The number of ether oxygens (including phenoxy) is 2. The number of carbonyl (C=O) groups is 1. The molecular formula is C11H12O6. The molecule has 0 bridgehead atoms. The van der Waals surface area contributed by atoms with E-state index < -0.39 is 17.4 Å². The van der Waals surface area contributed by atoms with Crippen LogP contribution >= 0.6 is 0 Å². The maximum atomic E-state index is 11.1. The minimum atomic E-state index is -0.891. The van der Waals surface area contributed by atoms with Crippen LogP contribution in [0, 0.1) is 0 Å². The molecule has 0 aliphatic carbocycles. The third kappa shape index (κ3) is 3.67. The van der Waals surface area contributed by atoms with Gasteiger partial charge in [-0.2, -0.15) is 0 Å². The summed E-state index contributed by atoms with van der Waals surface area (Å²) in [6.07, 6.45) is 0.988. The van der Waals surface area contributed by atoms with Crippen molar-refractivity contribution >= 4 is 12.0 Å². The second-order valence-electron chi connectivity index (χ2n) is 2.97. The quantitative estimate of drug-likeness (QED) is 0.482. The molecule has 1 rings (SSSR count). The van der Waals surface area contributed by atoms with Crippen LogP contribution in [0.1, 0.15) is 12.7 Å². The molecule has 0 aromatic carbocycles. The Morgan fingerprint density at radius 2 is 2.24 bits per heavy atom. The standard InChI is InChI=1S/C11H12O6/c1-3-16-11(14)9(12)5-8-4-7(15-2)6-10(13)17-8/h4-6,12H,3H2,1-2H3/b9-5-. The van der Waals surface area contributed by atoms with Crippen LogP contribution in [0.2, 0.25) is 0 Å². The Labute approximate surface area is 97.1 Å². The molecule has 0 saturated heterocycles. The number of hydrogen-bond acceptors (Lipinski definition) is 6. The molecule has 0 aliphatic heterocycles. The van der Waals surface area contributed by atoms with E-state index in [1.807, 2.05) is 0 Å². The van der Waals surface area contributed by atoms with Crippen molar-refractivity contribution in [3.05, 3.63) is 34.1 Å². The lowest BCUT2D eigenvalue weighted by Gasteiger charge is -2.01. The molecule has 1 aromatic rings. The van der Waals surface area contributed by atoms with E-state index >= 15 is 0 Å². The molecule has 6 heteroatoms. The largest absolute Gasteiger partial charge is 0.502 e. The second-order valence-corrected chi connectivity index (χ2v) is 2.97. The number of rotatable bonds is 4. The number of esters is 1. The van der Waals surface area contributed by atoms with Gasteiger partial charge >= 0.3 is 11.6 Å². The van der Waals surface area contributed by atoms with E-state index in [0.717, 1.165) is 12.1 Å². The highest BCUT2D eigenvalue weighted by Gasteiger charge is 2.09. The third-order valence-corrected chi connectivity index (χ3v) is 1.76. The van der Waals surface area contributed by atoms with Gasteiger partial charge in [0.1, 0.15) is 11.5 Å². The molecule has 1 heterocycles. The van der Waals surface area contributed by atoms with Gasteiger partial charge in [0.15, 0.2) is 0 Å². The molecule has 0 aliphatic rings. The highest BCUT2D eigenvalue weighted by Crippen LogP contribution is 2.12. The van der Waals surface area contributed by atoms with Gasteiger partial charge < -0.3 is 19.0 Å². The second kappa shape index (κ2) is 5.74. The predicted octanol–water partition coefficient (Wildman–Crippen LogP) is 1.11. The van der Waals surface area contributed by atoms with Crippen molar-refractivity contribution in [3.8, 4) is 5.75 Å². The van der Waals surface area contributed by atoms with Gasteiger partial charge in [-0.3, -0.25) is 0 Å². The molecule has 17 heavy (non-hydrogen) atoms. The van der Waals surface area contributed by atoms with Crippen molar-refractivity contribution in [2.75, 3.05) is 13.7 Å². The van der Waals surface area contributed by atoms with Crippen LogP contribution in [0.3, 0.4) is 0 Å². The fourth-order valence-corrected chi connectivity index (χ4v) is 1.06. The van der Waals surface area contributed by atoms with Crippen LogP contribution in [0.15, 0.2) is 27.1 Å². The number of aliphatic hydroxyl groups excluding tert-OH is 1. The summed E-state index contributed by atoms with van der Waals surface area (Å²) in [4.78, 5) is 22.2. The first-order valence-corrected chi connectivity index (χ1v) is 4.83. The summed E-state index contributed by atoms with van der Waals surface area (Å²) < 4.78 is 14.1. The van der Waals surface area contributed by atoms with Crippen LogP contribution < -0.4 is 10.4 Å². The van der Waals surface area contributed by atoms with Gasteiger partial charge in [0.25, 0.3) is 0 Å². The third-order valence-electron chi connectivity index (χ3n) is 1.76. The van der Waals surface area contributed by atoms with Gasteiger partial charge in [0.05, 0.1) is 19.8 Å². The van der Waals surface area contributed by atoms with Crippen LogP contribution in [-0.2, 0) is 9.53 Å². The van der Waals surface area contributed by atoms with Crippen molar-refractivity contribution in [1.29, 1.82) is 0 Å². The zero-order valence-electron chi connectivity index (χ0n) is 9.43. The van der Waals surface area contributed by atoms with E-state index in [2.05, 4.69) is 4.74 Å². The van der Waals surface area contributed by atoms with E-state index in [1.54, 1.807) is 6.92 Å². The average Bonchev–Trinajstić information content (AvgIpc) is 2.28. The zero-order valence-corrected chi connectivity index (χ0v) is 9.43. The summed E-state index contributed by atoms with van der Waals surface area (Å²) in [7, 11) is 1.38. The molecule has 0 spiro atoms. The summed E-state index contributed by atoms with van der Waals surface area (Å²) in [6.45, 7) is 1.75. The Morgan fingerprint density at radius 1 is 1.53 bits per heavy atom. The number of aliphatic hydroxyl groups is 1. The van der Waals surface area contributed by atoms with Gasteiger partial charge in [0, 0.05) is 12.1 Å².